The molecule has 0 saturated heterocycles. The number of nitrogens with zero attached hydrogens (tertiary/aromatic N) is 1. The molecule has 0 aliphatic carbocycles. The Labute approximate surface area is 479 Å². The third-order valence-corrected chi connectivity index (χ3v) is 19.8. The number of thiophene rings is 2. The number of rotatable bonds is 7. The second-order valence-electron chi connectivity index (χ2n) is 27.1. The molecule has 9 aromatic carbocycles. The number of nitrogens with one attached hydrogen (secondary N) is 1. The van der Waals surface area contributed by atoms with E-state index in [1.165, 1.54) is 118 Å². The topological polar surface area (TPSA) is 30.1 Å². The highest BCUT2D eigenvalue weighted by Crippen LogP contribution is 2.47. The summed E-state index contributed by atoms with van der Waals surface area (Å²) in [6.07, 6.45) is 0.909. The maximum Gasteiger partial charge on any atom is 0.211 e. The molecule has 0 radical (unpaired) electrons. The summed E-state index contributed by atoms with van der Waals surface area (Å²) in [4.78, 5) is 0. The summed E-state index contributed by atoms with van der Waals surface area (Å²) >= 11 is 3.87. The van der Waals surface area contributed by atoms with Gasteiger partial charge in [-0.25, -0.2) is 0 Å². The van der Waals surface area contributed by atoms with Gasteiger partial charge in [0.2, 0.25) is 7.28 Å². The van der Waals surface area contributed by atoms with Gasteiger partial charge in [0.1, 0.15) is 11.2 Å². The van der Waals surface area contributed by atoms with Crippen molar-refractivity contribution in [2.45, 2.75) is 117 Å². The fraction of sp³-hybridized carbons (Fsp3) is 0.243. The van der Waals surface area contributed by atoms with Crippen LogP contribution in [-0.2, 0) is 28.1 Å². The lowest BCUT2D eigenvalue weighted by Crippen LogP contribution is -2.35. The first-order valence-electron chi connectivity index (χ1n) is 28.7. The zero-order chi connectivity index (χ0) is 55.4. The van der Waals surface area contributed by atoms with Crippen LogP contribution >= 0.6 is 22.7 Å². The lowest BCUT2D eigenvalue weighted by molar-refractivity contribution is 0.589. The molecule has 0 spiro atoms. The van der Waals surface area contributed by atoms with Crippen molar-refractivity contribution in [3.63, 3.8) is 0 Å². The van der Waals surface area contributed by atoms with E-state index in [2.05, 4.69) is 263 Å². The van der Waals surface area contributed by atoms with Gasteiger partial charge in [-0.2, -0.15) is 0 Å². The van der Waals surface area contributed by atoms with Crippen LogP contribution in [0.2, 0.25) is 0 Å². The van der Waals surface area contributed by atoms with E-state index in [0.717, 1.165) is 47.0 Å². The van der Waals surface area contributed by atoms with Gasteiger partial charge in [-0.1, -0.05) is 192 Å². The van der Waals surface area contributed by atoms with E-state index < -0.39 is 0 Å². The minimum absolute atomic E-state index is 0.0139. The minimum Gasteiger partial charge on any atom is -0.456 e. The largest absolute Gasteiger partial charge is 0.456 e. The Kier molecular flexibility index (Phi) is 11.5. The third kappa shape index (κ3) is 8.51. The fourth-order valence-electron chi connectivity index (χ4n) is 12.8. The number of aromatic nitrogens is 1. The lowest BCUT2D eigenvalue weighted by atomic mass is 9.63. The van der Waals surface area contributed by atoms with Crippen molar-refractivity contribution < 1.29 is 4.42 Å². The summed E-state index contributed by atoms with van der Waals surface area (Å²) in [5.74, 6) is 0.214. The Morgan fingerprint density at radius 1 is 0.463 bits per heavy atom. The van der Waals surface area contributed by atoms with Crippen LogP contribution < -0.4 is 15.6 Å². The molecule has 1 N–H and O–H groups in total. The van der Waals surface area contributed by atoms with Gasteiger partial charge in [-0.05, 0) is 137 Å². The maximum absolute atomic E-state index is 6.66. The van der Waals surface area contributed by atoms with Crippen LogP contribution in [0.4, 0.5) is 11.4 Å². The summed E-state index contributed by atoms with van der Waals surface area (Å²) in [5.41, 5.74) is 21.4. The molecule has 1 aliphatic heterocycles. The molecule has 0 bridgehead atoms. The first-order chi connectivity index (χ1) is 38.1. The zero-order valence-electron chi connectivity index (χ0n) is 48.3. The van der Waals surface area contributed by atoms with Crippen molar-refractivity contribution in [3.05, 3.63) is 209 Å². The minimum atomic E-state index is 0.0139. The molecule has 6 heteroatoms. The van der Waals surface area contributed by atoms with Crippen LogP contribution in [0.25, 0.3) is 90.8 Å². The summed E-state index contributed by atoms with van der Waals surface area (Å²) < 4.78 is 14.6. The predicted molar refractivity (Wildman–Crippen MR) is 351 cm³/mol. The second-order valence-corrected chi connectivity index (χ2v) is 29.3. The normalized spacial score (nSPS) is 13.3. The highest BCUT2D eigenvalue weighted by molar-refractivity contribution is 7.29. The number of furan rings is 1. The quantitative estimate of drug-likeness (QED) is 0.161. The molecule has 1 aliphatic rings. The molecule has 0 amide bonds. The van der Waals surface area contributed by atoms with Gasteiger partial charge in [0.05, 0.1) is 11.2 Å². The molecule has 0 atom stereocenters. The smallest absolute Gasteiger partial charge is 0.211 e. The van der Waals surface area contributed by atoms with Crippen molar-refractivity contribution in [1.82, 2.24) is 4.57 Å². The Balaban J connectivity index is 0.957. The molecule has 0 saturated carbocycles. The molecule has 0 unspecified atom stereocenters. The van der Waals surface area contributed by atoms with Crippen LogP contribution in [0.5, 0.6) is 0 Å². The highest BCUT2D eigenvalue weighted by Gasteiger charge is 2.32. The second kappa shape index (κ2) is 18.1. The van der Waals surface area contributed by atoms with Crippen molar-refractivity contribution in [1.29, 1.82) is 0 Å². The Morgan fingerprint density at radius 3 is 1.74 bits per heavy atom. The summed E-state index contributed by atoms with van der Waals surface area (Å²) in [6.45, 7) is 27.6. The van der Waals surface area contributed by atoms with Crippen LogP contribution in [0, 0.1) is 0 Å². The van der Waals surface area contributed by atoms with Crippen molar-refractivity contribution in [2.24, 2.45) is 0 Å². The Bertz CT molecular complexity index is 4570. The molecule has 80 heavy (non-hydrogen) atoms. The van der Waals surface area contributed by atoms with Gasteiger partial charge < -0.3 is 14.3 Å². The average Bonchev–Trinajstić information content (AvgIpc) is 4.16. The summed E-state index contributed by atoms with van der Waals surface area (Å²) in [5, 5.41) is 12.8. The van der Waals surface area contributed by atoms with Gasteiger partial charge in [0.25, 0.3) is 0 Å². The molecule has 14 rings (SSSR count). The summed E-state index contributed by atoms with van der Waals surface area (Å²) in [7, 11) is 0.839. The molecule has 3 nitrogen and oxygen atoms in total. The van der Waals surface area contributed by atoms with E-state index in [0.29, 0.717) is 0 Å². The predicted octanol–water partition coefficient (Wildman–Crippen LogP) is 19.9. The van der Waals surface area contributed by atoms with Gasteiger partial charge in [0.15, 0.2) is 0 Å². The van der Waals surface area contributed by atoms with Crippen LogP contribution in [0.15, 0.2) is 174 Å². The number of hydrogen-bond donors (Lipinski definition) is 1. The zero-order valence-corrected chi connectivity index (χ0v) is 50.0. The van der Waals surface area contributed by atoms with Crippen LogP contribution in [-0.4, -0.2) is 11.8 Å². The van der Waals surface area contributed by atoms with Gasteiger partial charge in [-0.3, -0.25) is 0 Å². The van der Waals surface area contributed by atoms with Crippen LogP contribution in [0.1, 0.15) is 128 Å². The van der Waals surface area contributed by atoms with Gasteiger partial charge in [-0.15, -0.1) is 22.7 Å². The SMILES string of the molecule is CC(C)(C)c1ccc(Nc2cc3sc4cc(CC(c5ccc(C(C)(C)C)cc5)c5ccc(C(C)(C)C)cc5)ccc4c3cc2-c2ccc3c4cc5c(cc4n4c3c2Bc2sc3ccc(C(C)(C)C)cc3c2-4)oc2ccccc25)cc1. The highest BCUT2D eigenvalue weighted by atomic mass is 32.1. The monoisotopic (exact) mass is 1080 g/mol. The molecular formula is C74H69BN2OS2. The van der Waals surface area contributed by atoms with Gasteiger partial charge >= 0.3 is 0 Å². The molecule has 396 valence electrons. The number of fused-ring (bicyclic) bond motifs is 13. The molecule has 4 aromatic heterocycles. The maximum atomic E-state index is 6.66. The van der Waals surface area contributed by atoms with Gasteiger partial charge in [0, 0.05) is 86.2 Å². The van der Waals surface area contributed by atoms with E-state index >= 15 is 0 Å². The fourth-order valence-corrected chi connectivity index (χ4v) is 15.2. The van der Waals surface area contributed by atoms with Crippen molar-refractivity contribution in [2.75, 3.05) is 5.32 Å². The van der Waals surface area contributed by atoms with E-state index in [-0.39, 0.29) is 27.6 Å². The number of benzene rings is 9. The summed E-state index contributed by atoms with van der Waals surface area (Å²) in [6, 6.07) is 65.4. The molecular weight excluding hydrogens is 1010 g/mol. The molecule has 0 fully saturated rings. The standard InChI is InChI=1S/C74H69BN2OS2/c1-71(2,3)45-22-18-43(19-23-45)54(44-20-24-46(25-21-44)72(4,5)6)35-42-17-31-51-58-38-55(60(40-66(58)79-65(51)36-42)76-49-29-26-47(27-30-49)73(7,8)9)52-32-33-53-56-39-57-50-15-13-14-16-62(50)78-63(57)41-61(56)77-68(53)67(52)75-70-69(77)59-37-48(74(10,11)12)28-34-64(59)80-70/h13-34,36-41,54,75-76H,35H2,1-12H3. The van der Waals surface area contributed by atoms with E-state index in [1.54, 1.807) is 0 Å². The molecule has 13 aromatic rings. The van der Waals surface area contributed by atoms with Crippen molar-refractivity contribution >= 4 is 126 Å². The first-order valence-corrected chi connectivity index (χ1v) is 30.3. The first kappa shape index (κ1) is 50.8. The molecule has 5 heterocycles. The lowest BCUT2D eigenvalue weighted by Gasteiger charge is -2.24. The number of hydrogen-bond acceptors (Lipinski definition) is 4. The van der Waals surface area contributed by atoms with Crippen molar-refractivity contribution in [3.8, 4) is 16.8 Å². The Hall–Kier alpha value is -7.38. The van der Waals surface area contributed by atoms with E-state index in [4.69, 9.17) is 4.42 Å². The number of para-hydroxylation sites is 1. The van der Waals surface area contributed by atoms with E-state index in [1.807, 2.05) is 22.7 Å². The average molecular weight is 1080 g/mol. The number of anilines is 2. The Morgan fingerprint density at radius 2 is 1.07 bits per heavy atom. The van der Waals surface area contributed by atoms with Crippen LogP contribution in [0.3, 0.4) is 0 Å². The van der Waals surface area contributed by atoms with E-state index in [9.17, 15) is 0 Å². The third-order valence-electron chi connectivity index (χ3n) is 17.5.